The summed E-state index contributed by atoms with van der Waals surface area (Å²) in [5, 5.41) is 12.3. The van der Waals surface area contributed by atoms with Crippen LogP contribution in [0.1, 0.15) is 12.8 Å². The molecule has 1 aromatic rings. The van der Waals surface area contributed by atoms with Crippen LogP contribution in [-0.2, 0) is 9.59 Å². The predicted octanol–water partition coefficient (Wildman–Crippen LogP) is 1.84. The third-order valence-electron chi connectivity index (χ3n) is 3.43. The van der Waals surface area contributed by atoms with Gasteiger partial charge in [0.25, 0.3) is 0 Å². The Morgan fingerprint density at radius 1 is 1.52 bits per heavy atom. The highest BCUT2D eigenvalue weighted by Crippen LogP contribution is 2.27. The lowest BCUT2D eigenvalue weighted by Crippen LogP contribution is -2.40. The standard InChI is InChI=1S/C14H17ClN2O4/c1-21-12-5-4-9(15)7-10(12)16-13(18)8-17-6-2-3-11(17)14(19)20/h4-5,7,11H,2-3,6,8H2,1H3,(H,16,18)(H,19,20). The van der Waals surface area contributed by atoms with Crippen molar-refractivity contribution >= 4 is 29.2 Å². The number of hydrogen-bond donors (Lipinski definition) is 2. The van der Waals surface area contributed by atoms with Gasteiger partial charge in [-0.25, -0.2) is 0 Å². The van der Waals surface area contributed by atoms with Gasteiger partial charge in [0.15, 0.2) is 0 Å². The van der Waals surface area contributed by atoms with Crippen LogP contribution in [0.4, 0.5) is 5.69 Å². The van der Waals surface area contributed by atoms with Crippen molar-refractivity contribution in [1.82, 2.24) is 4.90 Å². The van der Waals surface area contributed by atoms with E-state index in [1.165, 1.54) is 7.11 Å². The number of aliphatic carboxylic acids is 1. The van der Waals surface area contributed by atoms with E-state index in [-0.39, 0.29) is 12.5 Å². The fourth-order valence-electron chi connectivity index (χ4n) is 2.45. The van der Waals surface area contributed by atoms with Crippen LogP contribution in [0.25, 0.3) is 0 Å². The number of carboxylic acids is 1. The van der Waals surface area contributed by atoms with Crippen LogP contribution >= 0.6 is 11.6 Å². The normalized spacial score (nSPS) is 18.5. The Kier molecular flexibility index (Phi) is 5.03. The zero-order chi connectivity index (χ0) is 15.4. The maximum atomic E-state index is 12.1. The van der Waals surface area contributed by atoms with Crippen molar-refractivity contribution < 1.29 is 19.4 Å². The summed E-state index contributed by atoms with van der Waals surface area (Å²) in [5.74, 6) is -0.673. The van der Waals surface area contributed by atoms with E-state index in [9.17, 15) is 9.59 Å². The molecule has 0 saturated carbocycles. The molecular weight excluding hydrogens is 296 g/mol. The van der Waals surface area contributed by atoms with Gasteiger partial charge >= 0.3 is 5.97 Å². The monoisotopic (exact) mass is 312 g/mol. The molecule has 0 bridgehead atoms. The summed E-state index contributed by atoms with van der Waals surface area (Å²) in [4.78, 5) is 24.8. The molecule has 2 N–H and O–H groups in total. The van der Waals surface area contributed by atoms with E-state index in [4.69, 9.17) is 21.4 Å². The van der Waals surface area contributed by atoms with Crippen LogP contribution in [0.3, 0.4) is 0 Å². The van der Waals surface area contributed by atoms with Gasteiger partial charge in [-0.05, 0) is 37.6 Å². The molecule has 7 heteroatoms. The highest BCUT2D eigenvalue weighted by Gasteiger charge is 2.31. The van der Waals surface area contributed by atoms with Gasteiger partial charge in [-0.3, -0.25) is 14.5 Å². The summed E-state index contributed by atoms with van der Waals surface area (Å²) in [7, 11) is 1.50. The number of rotatable bonds is 5. The lowest BCUT2D eigenvalue weighted by molar-refractivity contribution is -0.142. The van der Waals surface area contributed by atoms with Gasteiger partial charge < -0.3 is 15.2 Å². The van der Waals surface area contributed by atoms with Crippen molar-refractivity contribution in [2.24, 2.45) is 0 Å². The zero-order valence-electron chi connectivity index (χ0n) is 11.6. The number of carboxylic acid groups (broad SMARTS) is 1. The van der Waals surface area contributed by atoms with Crippen LogP contribution in [0.5, 0.6) is 5.75 Å². The van der Waals surface area contributed by atoms with Crippen LogP contribution in [0.2, 0.25) is 5.02 Å². The van der Waals surface area contributed by atoms with E-state index in [2.05, 4.69) is 5.32 Å². The van der Waals surface area contributed by atoms with Crippen molar-refractivity contribution in [3.05, 3.63) is 23.2 Å². The molecule has 0 aromatic heterocycles. The highest BCUT2D eigenvalue weighted by atomic mass is 35.5. The molecule has 1 aliphatic heterocycles. The first-order chi connectivity index (χ1) is 10.0. The van der Waals surface area contributed by atoms with Gasteiger partial charge in [0.2, 0.25) is 5.91 Å². The fraction of sp³-hybridized carbons (Fsp3) is 0.429. The molecule has 1 aromatic carbocycles. The average Bonchev–Trinajstić information content (AvgIpc) is 2.87. The number of methoxy groups -OCH3 is 1. The highest BCUT2D eigenvalue weighted by molar-refractivity contribution is 6.31. The number of nitrogens with one attached hydrogen (secondary N) is 1. The Hall–Kier alpha value is -1.79. The van der Waals surface area contributed by atoms with Crippen molar-refractivity contribution in [3.8, 4) is 5.75 Å². The van der Waals surface area contributed by atoms with E-state index < -0.39 is 12.0 Å². The van der Waals surface area contributed by atoms with Crippen LogP contribution in [-0.4, -0.2) is 48.1 Å². The first-order valence-corrected chi connectivity index (χ1v) is 6.99. The maximum Gasteiger partial charge on any atom is 0.320 e. The molecule has 0 radical (unpaired) electrons. The van der Waals surface area contributed by atoms with Gasteiger partial charge in [-0.15, -0.1) is 0 Å². The molecule has 1 heterocycles. The Morgan fingerprint density at radius 2 is 2.29 bits per heavy atom. The van der Waals surface area contributed by atoms with Crippen molar-refractivity contribution in [3.63, 3.8) is 0 Å². The van der Waals surface area contributed by atoms with E-state index >= 15 is 0 Å². The number of anilines is 1. The minimum atomic E-state index is -0.888. The Labute approximate surface area is 127 Å². The molecule has 1 fully saturated rings. The fourth-order valence-corrected chi connectivity index (χ4v) is 2.62. The smallest absolute Gasteiger partial charge is 0.320 e. The van der Waals surface area contributed by atoms with E-state index in [0.717, 1.165) is 6.42 Å². The molecule has 1 atom stereocenters. The lowest BCUT2D eigenvalue weighted by atomic mass is 10.2. The molecule has 0 aliphatic carbocycles. The number of benzene rings is 1. The van der Waals surface area contributed by atoms with Crippen LogP contribution in [0.15, 0.2) is 18.2 Å². The van der Waals surface area contributed by atoms with Gasteiger partial charge in [-0.2, -0.15) is 0 Å². The quantitative estimate of drug-likeness (QED) is 0.867. The number of carbonyl (C=O) groups is 2. The molecule has 2 rings (SSSR count). The average molecular weight is 313 g/mol. The number of halogens is 1. The van der Waals surface area contributed by atoms with Crippen molar-refractivity contribution in [2.75, 3.05) is 25.5 Å². The summed E-state index contributed by atoms with van der Waals surface area (Å²) >= 11 is 5.90. The molecule has 6 nitrogen and oxygen atoms in total. The summed E-state index contributed by atoms with van der Waals surface area (Å²) in [6.45, 7) is 0.643. The number of hydrogen-bond acceptors (Lipinski definition) is 4. The topological polar surface area (TPSA) is 78.9 Å². The number of ether oxygens (including phenoxy) is 1. The first kappa shape index (κ1) is 15.6. The summed E-state index contributed by atoms with van der Waals surface area (Å²) in [6, 6.07) is 4.33. The molecule has 1 unspecified atom stereocenters. The van der Waals surface area contributed by atoms with Gasteiger partial charge in [0.1, 0.15) is 11.8 Å². The molecular formula is C14H17ClN2O4. The van der Waals surface area contributed by atoms with E-state index in [0.29, 0.717) is 29.4 Å². The minimum absolute atomic E-state index is 0.0344. The van der Waals surface area contributed by atoms with Gasteiger partial charge in [0.05, 0.1) is 19.3 Å². The Balaban J connectivity index is 2.02. The minimum Gasteiger partial charge on any atom is -0.495 e. The molecule has 21 heavy (non-hydrogen) atoms. The molecule has 1 amide bonds. The van der Waals surface area contributed by atoms with E-state index in [1.54, 1.807) is 23.1 Å². The second kappa shape index (κ2) is 6.78. The SMILES string of the molecule is COc1ccc(Cl)cc1NC(=O)CN1CCCC1C(=O)O. The maximum absolute atomic E-state index is 12.1. The summed E-state index contributed by atoms with van der Waals surface area (Å²) < 4.78 is 5.15. The predicted molar refractivity (Wildman–Crippen MR) is 78.9 cm³/mol. The third kappa shape index (κ3) is 3.86. The molecule has 0 spiro atoms. The number of amides is 1. The van der Waals surface area contributed by atoms with Gasteiger partial charge in [-0.1, -0.05) is 11.6 Å². The summed E-state index contributed by atoms with van der Waals surface area (Å²) in [6.07, 6.45) is 1.35. The van der Waals surface area contributed by atoms with Gasteiger partial charge in [0, 0.05) is 5.02 Å². The Bertz CT molecular complexity index is 550. The van der Waals surface area contributed by atoms with Crippen molar-refractivity contribution in [2.45, 2.75) is 18.9 Å². The molecule has 1 saturated heterocycles. The van der Waals surface area contributed by atoms with Crippen LogP contribution in [0, 0.1) is 0 Å². The second-order valence-electron chi connectivity index (χ2n) is 4.86. The largest absolute Gasteiger partial charge is 0.495 e. The number of carbonyl (C=O) groups excluding carboxylic acids is 1. The first-order valence-electron chi connectivity index (χ1n) is 6.61. The zero-order valence-corrected chi connectivity index (χ0v) is 12.4. The number of nitrogens with zero attached hydrogens (tertiary/aromatic N) is 1. The van der Waals surface area contributed by atoms with Crippen molar-refractivity contribution in [1.29, 1.82) is 0 Å². The van der Waals surface area contributed by atoms with E-state index in [1.807, 2.05) is 0 Å². The third-order valence-corrected chi connectivity index (χ3v) is 3.67. The molecule has 1 aliphatic rings. The second-order valence-corrected chi connectivity index (χ2v) is 5.30. The Morgan fingerprint density at radius 3 is 2.95 bits per heavy atom. The number of likely N-dealkylation sites (tertiary alicyclic amines) is 1. The molecule has 114 valence electrons. The van der Waals surface area contributed by atoms with Crippen LogP contribution < -0.4 is 10.1 Å². The lowest BCUT2D eigenvalue weighted by Gasteiger charge is -2.20. The summed E-state index contributed by atoms with van der Waals surface area (Å²) in [5.41, 5.74) is 0.473.